The quantitative estimate of drug-likeness (QED) is 0.790. The topological polar surface area (TPSA) is 43.8 Å². The Morgan fingerprint density at radius 2 is 2.15 bits per heavy atom. The number of fused-ring (bicyclic) bond motifs is 1. The van der Waals surface area contributed by atoms with Crippen molar-refractivity contribution in [2.75, 3.05) is 0 Å². The van der Waals surface area contributed by atoms with E-state index in [9.17, 15) is 0 Å². The summed E-state index contributed by atoms with van der Waals surface area (Å²) in [7, 11) is 0. The lowest BCUT2D eigenvalue weighted by Crippen LogP contribution is -2.06. The zero-order chi connectivity index (χ0) is 14.1. The van der Waals surface area contributed by atoms with Gasteiger partial charge in [-0.1, -0.05) is 19.9 Å². The van der Waals surface area contributed by atoms with Gasteiger partial charge in [-0.25, -0.2) is 4.98 Å². The Morgan fingerprint density at radius 1 is 1.30 bits per heavy atom. The van der Waals surface area contributed by atoms with Crippen LogP contribution in [0, 0.1) is 5.92 Å². The molecule has 0 amide bonds. The van der Waals surface area contributed by atoms with Gasteiger partial charge in [-0.15, -0.1) is 0 Å². The first-order valence-corrected chi connectivity index (χ1v) is 7.85. The molecule has 3 rings (SSSR count). The highest BCUT2D eigenvalue weighted by atomic mass is 32.1. The Bertz CT molecular complexity index is 711. The van der Waals surface area contributed by atoms with Crippen molar-refractivity contribution >= 4 is 22.4 Å². The van der Waals surface area contributed by atoms with E-state index in [-0.39, 0.29) is 0 Å². The molecule has 0 aliphatic rings. The standard InChI is InChI=1S/C16H19N3S/c1-11(2)9-19-15-4-3-12(8-17)7-14(15)18-16(19)13-5-6-20-10-13/h3-7,10-11H,8-9,17H2,1-2H3. The summed E-state index contributed by atoms with van der Waals surface area (Å²) >= 11 is 1.71. The molecule has 3 nitrogen and oxygen atoms in total. The SMILES string of the molecule is CC(C)Cn1c(-c2ccsc2)nc2cc(CN)ccc21. The Hall–Kier alpha value is -1.65. The molecule has 0 aliphatic heterocycles. The molecule has 4 heteroatoms. The largest absolute Gasteiger partial charge is 0.326 e. The molecule has 0 radical (unpaired) electrons. The van der Waals surface area contributed by atoms with Crippen LogP contribution < -0.4 is 5.73 Å². The van der Waals surface area contributed by atoms with Crippen LogP contribution in [-0.4, -0.2) is 9.55 Å². The van der Waals surface area contributed by atoms with Gasteiger partial charge in [0.2, 0.25) is 0 Å². The lowest BCUT2D eigenvalue weighted by molar-refractivity contribution is 0.536. The normalized spacial score (nSPS) is 11.6. The van der Waals surface area contributed by atoms with Crippen LogP contribution in [0.25, 0.3) is 22.4 Å². The van der Waals surface area contributed by atoms with Gasteiger partial charge in [-0.05, 0) is 35.1 Å². The molecule has 20 heavy (non-hydrogen) atoms. The first-order chi connectivity index (χ1) is 9.69. The van der Waals surface area contributed by atoms with Gasteiger partial charge in [0.05, 0.1) is 11.0 Å². The van der Waals surface area contributed by atoms with Crippen molar-refractivity contribution in [1.29, 1.82) is 0 Å². The molecule has 2 heterocycles. The average Bonchev–Trinajstić information content (AvgIpc) is 3.05. The van der Waals surface area contributed by atoms with Crippen LogP contribution in [0.3, 0.4) is 0 Å². The summed E-state index contributed by atoms with van der Waals surface area (Å²) in [6.45, 7) is 6.00. The molecule has 0 saturated carbocycles. The van der Waals surface area contributed by atoms with Crippen LogP contribution in [0.1, 0.15) is 19.4 Å². The molecule has 0 bridgehead atoms. The summed E-state index contributed by atoms with van der Waals surface area (Å²) < 4.78 is 2.32. The maximum Gasteiger partial charge on any atom is 0.141 e. The monoisotopic (exact) mass is 285 g/mol. The van der Waals surface area contributed by atoms with Crippen molar-refractivity contribution in [3.8, 4) is 11.4 Å². The zero-order valence-electron chi connectivity index (χ0n) is 11.8. The van der Waals surface area contributed by atoms with Gasteiger partial charge >= 0.3 is 0 Å². The molecule has 0 aliphatic carbocycles. The Labute approximate surface area is 123 Å². The second-order valence-corrected chi connectivity index (χ2v) is 6.26. The predicted molar refractivity (Wildman–Crippen MR) is 85.8 cm³/mol. The van der Waals surface area contributed by atoms with Crippen LogP contribution in [0.4, 0.5) is 0 Å². The molecule has 0 unspecified atom stereocenters. The third kappa shape index (κ3) is 2.37. The van der Waals surface area contributed by atoms with E-state index in [1.807, 2.05) is 0 Å². The number of imidazole rings is 1. The first-order valence-electron chi connectivity index (χ1n) is 6.91. The van der Waals surface area contributed by atoms with E-state index in [2.05, 4.69) is 53.4 Å². The second-order valence-electron chi connectivity index (χ2n) is 5.48. The fourth-order valence-electron chi connectivity index (χ4n) is 2.46. The third-order valence-corrected chi connectivity index (χ3v) is 4.06. The van der Waals surface area contributed by atoms with Crippen LogP contribution in [0.5, 0.6) is 0 Å². The molecule has 2 N–H and O–H groups in total. The van der Waals surface area contributed by atoms with E-state index in [1.54, 1.807) is 11.3 Å². The first kappa shape index (κ1) is 13.3. The van der Waals surface area contributed by atoms with Crippen molar-refractivity contribution in [2.45, 2.75) is 26.9 Å². The maximum absolute atomic E-state index is 5.73. The van der Waals surface area contributed by atoms with Gasteiger partial charge in [0, 0.05) is 24.0 Å². The number of thiophene rings is 1. The van der Waals surface area contributed by atoms with Crippen LogP contribution in [0.15, 0.2) is 35.0 Å². The van der Waals surface area contributed by atoms with Crippen molar-refractivity contribution in [3.05, 3.63) is 40.6 Å². The van der Waals surface area contributed by atoms with E-state index in [4.69, 9.17) is 10.7 Å². The predicted octanol–water partition coefficient (Wildman–Crippen LogP) is 3.88. The van der Waals surface area contributed by atoms with Gasteiger partial charge in [-0.3, -0.25) is 0 Å². The van der Waals surface area contributed by atoms with Crippen molar-refractivity contribution < 1.29 is 0 Å². The maximum atomic E-state index is 5.73. The minimum Gasteiger partial charge on any atom is -0.326 e. The summed E-state index contributed by atoms with van der Waals surface area (Å²) in [5.74, 6) is 1.64. The van der Waals surface area contributed by atoms with Crippen LogP contribution in [0.2, 0.25) is 0 Å². The summed E-state index contributed by atoms with van der Waals surface area (Å²) in [4.78, 5) is 4.83. The van der Waals surface area contributed by atoms with E-state index in [0.29, 0.717) is 12.5 Å². The summed E-state index contributed by atoms with van der Waals surface area (Å²) in [5.41, 5.74) is 10.3. The molecular weight excluding hydrogens is 266 g/mol. The number of hydrogen-bond acceptors (Lipinski definition) is 3. The summed E-state index contributed by atoms with van der Waals surface area (Å²) in [6.07, 6.45) is 0. The molecule has 0 fully saturated rings. The van der Waals surface area contributed by atoms with Crippen LogP contribution >= 0.6 is 11.3 Å². The van der Waals surface area contributed by atoms with Gasteiger partial charge in [0.15, 0.2) is 0 Å². The molecular formula is C16H19N3S. The Kier molecular flexibility index (Phi) is 3.59. The Balaban J connectivity index is 2.21. The number of aromatic nitrogens is 2. The number of benzene rings is 1. The van der Waals surface area contributed by atoms with Crippen LogP contribution in [-0.2, 0) is 13.1 Å². The van der Waals surface area contributed by atoms with E-state index in [0.717, 1.165) is 23.4 Å². The highest BCUT2D eigenvalue weighted by molar-refractivity contribution is 7.08. The smallest absolute Gasteiger partial charge is 0.141 e. The summed E-state index contributed by atoms with van der Waals surface area (Å²) in [5, 5.41) is 4.25. The molecule has 2 aromatic heterocycles. The lowest BCUT2D eigenvalue weighted by Gasteiger charge is -2.11. The molecule has 1 aromatic carbocycles. The molecule has 0 saturated heterocycles. The zero-order valence-corrected chi connectivity index (χ0v) is 12.7. The number of hydrogen-bond donors (Lipinski definition) is 1. The number of nitrogens with two attached hydrogens (primary N) is 1. The second kappa shape index (κ2) is 5.38. The molecule has 0 atom stereocenters. The van der Waals surface area contributed by atoms with Crippen molar-refractivity contribution in [3.63, 3.8) is 0 Å². The van der Waals surface area contributed by atoms with Gasteiger partial charge < -0.3 is 10.3 Å². The van der Waals surface area contributed by atoms with Gasteiger partial charge in [0.1, 0.15) is 5.82 Å². The average molecular weight is 285 g/mol. The van der Waals surface area contributed by atoms with Gasteiger partial charge in [0.25, 0.3) is 0 Å². The fourth-order valence-corrected chi connectivity index (χ4v) is 3.10. The van der Waals surface area contributed by atoms with Gasteiger partial charge in [-0.2, -0.15) is 11.3 Å². The van der Waals surface area contributed by atoms with E-state index < -0.39 is 0 Å². The Morgan fingerprint density at radius 3 is 2.80 bits per heavy atom. The molecule has 0 spiro atoms. The summed E-state index contributed by atoms with van der Waals surface area (Å²) in [6, 6.07) is 8.47. The minimum atomic E-state index is 0.556. The third-order valence-electron chi connectivity index (χ3n) is 3.38. The molecule has 104 valence electrons. The van der Waals surface area contributed by atoms with Crippen molar-refractivity contribution in [1.82, 2.24) is 9.55 Å². The number of nitrogens with zero attached hydrogens (tertiary/aromatic N) is 2. The number of rotatable bonds is 4. The highest BCUT2D eigenvalue weighted by Crippen LogP contribution is 2.28. The van der Waals surface area contributed by atoms with E-state index >= 15 is 0 Å². The highest BCUT2D eigenvalue weighted by Gasteiger charge is 2.14. The minimum absolute atomic E-state index is 0.556. The fraction of sp³-hybridized carbons (Fsp3) is 0.312. The van der Waals surface area contributed by atoms with Crippen molar-refractivity contribution in [2.24, 2.45) is 11.7 Å². The molecule has 3 aromatic rings. The lowest BCUT2D eigenvalue weighted by atomic mass is 10.2. The van der Waals surface area contributed by atoms with E-state index in [1.165, 1.54) is 11.1 Å².